The molecule has 2 atom stereocenters. The minimum Gasteiger partial charge on any atom is -0.367 e. The lowest BCUT2D eigenvalue weighted by Gasteiger charge is -2.43. The van der Waals surface area contributed by atoms with Crippen LogP contribution in [0.25, 0.3) is 0 Å². The summed E-state index contributed by atoms with van der Waals surface area (Å²) in [6.45, 7) is 1.92. The first kappa shape index (κ1) is 12.4. The maximum atomic E-state index is 11.1. The molecule has 0 radical (unpaired) electrons. The number of aliphatic hydroxyl groups is 1. The van der Waals surface area contributed by atoms with Gasteiger partial charge in [0.15, 0.2) is 0 Å². The molecule has 0 saturated carbocycles. The van der Waals surface area contributed by atoms with Gasteiger partial charge in [0.2, 0.25) is 0 Å². The van der Waals surface area contributed by atoms with Crippen LogP contribution in [-0.4, -0.2) is 20.0 Å². The number of hydrogen-bond donors (Lipinski definition) is 3. The van der Waals surface area contributed by atoms with Gasteiger partial charge in [-0.3, -0.25) is 9.13 Å². The molecule has 0 aromatic carbocycles. The Morgan fingerprint density at radius 1 is 1.21 bits per heavy atom. The molecule has 1 heterocycles. The second-order valence-corrected chi connectivity index (χ2v) is 7.92. The van der Waals surface area contributed by atoms with Gasteiger partial charge in [-0.05, 0) is 12.8 Å². The van der Waals surface area contributed by atoms with Crippen molar-refractivity contribution in [2.24, 2.45) is 0 Å². The fourth-order valence-electron chi connectivity index (χ4n) is 1.30. The van der Waals surface area contributed by atoms with Crippen molar-refractivity contribution >= 4 is 15.2 Å². The average Bonchev–Trinajstić information content (AvgIpc) is 2.02. The maximum absolute atomic E-state index is 11.1. The van der Waals surface area contributed by atoms with Gasteiger partial charge in [-0.2, -0.15) is 0 Å². The van der Waals surface area contributed by atoms with Crippen molar-refractivity contribution in [3.63, 3.8) is 0 Å². The Morgan fingerprint density at radius 2 is 1.71 bits per heavy atom. The third-order valence-corrected chi connectivity index (χ3v) is 7.79. The van der Waals surface area contributed by atoms with Crippen molar-refractivity contribution in [3.05, 3.63) is 0 Å². The first-order valence-corrected chi connectivity index (χ1v) is 7.52. The standard InChI is InChI=1S/C6H14O6P2/c1-2-3-4-5-6(7)13(8,9)12-14(6,10)11/h7H,2-5H2,1H3,(H,8,9)(H,10,11). The van der Waals surface area contributed by atoms with E-state index in [9.17, 15) is 14.2 Å². The SMILES string of the molecule is CCCCCC1(O)P(=O)(O)OP1(=O)O. The van der Waals surface area contributed by atoms with Crippen LogP contribution in [0.4, 0.5) is 0 Å². The van der Waals surface area contributed by atoms with Crippen molar-refractivity contribution in [1.29, 1.82) is 0 Å². The minimum atomic E-state index is -4.31. The molecule has 0 aromatic rings. The normalized spacial score (nSPS) is 47.4. The molecule has 0 aliphatic carbocycles. The van der Waals surface area contributed by atoms with Gasteiger partial charge in [0.1, 0.15) is 0 Å². The first-order valence-electron chi connectivity index (χ1n) is 4.36. The van der Waals surface area contributed by atoms with Crippen LogP contribution in [0.15, 0.2) is 0 Å². The molecule has 3 N–H and O–H groups in total. The topological polar surface area (TPSA) is 104 Å². The average molecular weight is 244 g/mol. The third kappa shape index (κ3) is 1.71. The first-order chi connectivity index (χ1) is 6.27. The summed E-state index contributed by atoms with van der Waals surface area (Å²) >= 11 is 0. The summed E-state index contributed by atoms with van der Waals surface area (Å²) < 4.78 is 26.1. The second kappa shape index (κ2) is 3.71. The second-order valence-electron chi connectivity index (χ2n) is 3.35. The van der Waals surface area contributed by atoms with Crippen LogP contribution in [0.3, 0.4) is 0 Å². The van der Waals surface area contributed by atoms with Crippen LogP contribution >= 0.6 is 15.2 Å². The van der Waals surface area contributed by atoms with Gasteiger partial charge >= 0.3 is 15.2 Å². The van der Waals surface area contributed by atoms with E-state index in [1.54, 1.807) is 0 Å². The van der Waals surface area contributed by atoms with Crippen LogP contribution in [0, 0.1) is 0 Å². The number of rotatable bonds is 4. The Bertz CT molecular complexity index is 291. The molecule has 8 heteroatoms. The van der Waals surface area contributed by atoms with Crippen molar-refractivity contribution in [2.45, 2.75) is 37.7 Å². The van der Waals surface area contributed by atoms with Crippen LogP contribution in [0.1, 0.15) is 32.6 Å². The van der Waals surface area contributed by atoms with E-state index in [0.29, 0.717) is 6.42 Å². The van der Waals surface area contributed by atoms with Gasteiger partial charge in [0.05, 0.1) is 0 Å². The number of unbranched alkanes of at least 4 members (excludes halogenated alkanes) is 2. The summed E-state index contributed by atoms with van der Waals surface area (Å²) in [5, 5.41) is 7.11. The quantitative estimate of drug-likeness (QED) is 0.512. The van der Waals surface area contributed by atoms with Crippen LogP contribution in [-0.2, 0) is 13.4 Å². The summed E-state index contributed by atoms with van der Waals surface area (Å²) in [4.78, 5) is 18.0. The fraction of sp³-hybridized carbons (Fsp3) is 1.00. The molecule has 1 rings (SSSR count). The van der Waals surface area contributed by atoms with Crippen LogP contribution in [0.2, 0.25) is 0 Å². The van der Waals surface area contributed by atoms with Crippen LogP contribution in [0.5, 0.6) is 0 Å². The summed E-state index contributed by atoms with van der Waals surface area (Å²) in [5.74, 6) is 0. The third-order valence-electron chi connectivity index (χ3n) is 2.24. The monoisotopic (exact) mass is 244 g/mol. The molecule has 1 fully saturated rings. The zero-order valence-electron chi connectivity index (χ0n) is 7.79. The van der Waals surface area contributed by atoms with Crippen molar-refractivity contribution < 1.29 is 28.3 Å². The smallest absolute Gasteiger partial charge is 0.367 e. The molecule has 14 heavy (non-hydrogen) atoms. The summed E-state index contributed by atoms with van der Waals surface area (Å²) in [7, 11) is -8.61. The van der Waals surface area contributed by atoms with E-state index in [4.69, 9.17) is 9.79 Å². The van der Waals surface area contributed by atoms with E-state index in [-0.39, 0.29) is 6.42 Å². The Kier molecular flexibility index (Phi) is 3.27. The van der Waals surface area contributed by atoms with Gasteiger partial charge in [-0.1, -0.05) is 19.8 Å². The molecule has 0 aromatic heterocycles. The van der Waals surface area contributed by atoms with E-state index < -0.39 is 20.3 Å². The highest BCUT2D eigenvalue weighted by Crippen LogP contribution is 2.88. The molecule has 6 nitrogen and oxygen atoms in total. The van der Waals surface area contributed by atoms with E-state index in [2.05, 4.69) is 4.31 Å². The molecule has 0 spiro atoms. The highest BCUT2D eigenvalue weighted by molar-refractivity contribution is 7.85. The lowest BCUT2D eigenvalue weighted by atomic mass is 10.2. The molecule has 0 bridgehead atoms. The Hall–Kier alpha value is 0.300. The van der Waals surface area contributed by atoms with Crippen LogP contribution < -0.4 is 0 Å². The molecule has 84 valence electrons. The van der Waals surface area contributed by atoms with Gasteiger partial charge in [0, 0.05) is 0 Å². The Balaban J connectivity index is 2.70. The predicted molar refractivity (Wildman–Crippen MR) is 49.8 cm³/mol. The Labute approximate surface area is 82.0 Å². The summed E-state index contributed by atoms with van der Waals surface area (Å²) in [6.07, 6.45) is 1.82. The minimum absolute atomic E-state index is 0.178. The van der Waals surface area contributed by atoms with Gasteiger partial charge < -0.3 is 14.9 Å². The van der Waals surface area contributed by atoms with Gasteiger partial charge in [-0.15, -0.1) is 0 Å². The van der Waals surface area contributed by atoms with E-state index in [1.807, 2.05) is 6.92 Å². The fourth-order valence-corrected chi connectivity index (χ4v) is 5.45. The lowest BCUT2D eigenvalue weighted by Crippen LogP contribution is -2.37. The van der Waals surface area contributed by atoms with Gasteiger partial charge in [-0.25, -0.2) is 4.31 Å². The zero-order chi connectivity index (χ0) is 11.0. The highest BCUT2D eigenvalue weighted by atomic mass is 31.3. The largest absolute Gasteiger partial charge is 0.379 e. The predicted octanol–water partition coefficient (Wildman–Crippen LogP) is 1.61. The molecule has 1 saturated heterocycles. The van der Waals surface area contributed by atoms with E-state index >= 15 is 0 Å². The molecular formula is C6H14O6P2. The van der Waals surface area contributed by atoms with Crippen molar-refractivity contribution in [3.8, 4) is 0 Å². The van der Waals surface area contributed by atoms with Crippen molar-refractivity contribution in [2.75, 3.05) is 0 Å². The highest BCUT2D eigenvalue weighted by Gasteiger charge is 2.73. The molecule has 0 amide bonds. The zero-order valence-corrected chi connectivity index (χ0v) is 9.58. The number of hydrogen-bond acceptors (Lipinski definition) is 4. The van der Waals surface area contributed by atoms with Crippen molar-refractivity contribution in [1.82, 2.24) is 0 Å². The van der Waals surface area contributed by atoms with E-state index in [0.717, 1.165) is 12.8 Å². The Morgan fingerprint density at radius 3 is 2.07 bits per heavy atom. The molecule has 2 unspecified atom stereocenters. The molecule has 1 aliphatic rings. The summed E-state index contributed by atoms with van der Waals surface area (Å²) in [5.41, 5.74) is 0. The molecule has 1 aliphatic heterocycles. The maximum Gasteiger partial charge on any atom is 0.379 e. The van der Waals surface area contributed by atoms with Gasteiger partial charge in [0.25, 0.3) is 5.08 Å². The summed E-state index contributed by atoms with van der Waals surface area (Å²) in [6, 6.07) is 0. The van der Waals surface area contributed by atoms with E-state index in [1.165, 1.54) is 0 Å². The lowest BCUT2D eigenvalue weighted by molar-refractivity contribution is 0.0877. The molecular weight excluding hydrogens is 230 g/mol.